The van der Waals surface area contributed by atoms with E-state index in [-0.39, 0.29) is 12.5 Å². The molecular weight excluding hydrogens is 330 g/mol. The minimum atomic E-state index is -1.01. The molecule has 1 amide bonds. The van der Waals surface area contributed by atoms with Crippen LogP contribution in [-0.4, -0.2) is 37.4 Å². The lowest BCUT2D eigenvalue weighted by Gasteiger charge is -2.24. The normalized spacial score (nSPS) is 12.9. The third-order valence-corrected chi connectivity index (χ3v) is 4.21. The van der Waals surface area contributed by atoms with Crippen molar-refractivity contribution in [2.75, 3.05) is 20.8 Å². The number of nitrogens with one attached hydrogen (secondary N) is 1. The zero-order valence-corrected chi connectivity index (χ0v) is 15.6. The number of aryl methyl sites for hydroxylation is 1. The monoisotopic (exact) mass is 357 g/mol. The summed E-state index contributed by atoms with van der Waals surface area (Å²) in [6, 6.07) is 15.2. The van der Waals surface area contributed by atoms with Crippen LogP contribution in [0.4, 0.5) is 0 Å². The van der Waals surface area contributed by atoms with Gasteiger partial charge in [0.25, 0.3) is 0 Å². The average molecular weight is 357 g/mol. The number of ether oxygens (including phenoxy) is 2. The van der Waals surface area contributed by atoms with Crippen molar-refractivity contribution in [3.05, 3.63) is 59.7 Å². The topological polar surface area (TPSA) is 67.8 Å². The lowest BCUT2D eigenvalue weighted by Crippen LogP contribution is -2.42. The zero-order chi connectivity index (χ0) is 19.0. The Bertz CT molecular complexity index is 693. The zero-order valence-electron chi connectivity index (χ0n) is 15.6. The fraction of sp³-hybridized carbons (Fsp3) is 0.381. The average Bonchev–Trinajstić information content (AvgIpc) is 2.65. The van der Waals surface area contributed by atoms with Crippen molar-refractivity contribution in [2.45, 2.75) is 31.8 Å². The number of carbonyl (C=O) groups excluding carboxylic acids is 1. The van der Waals surface area contributed by atoms with Crippen molar-refractivity contribution in [2.24, 2.45) is 0 Å². The Hall–Kier alpha value is -2.53. The summed E-state index contributed by atoms with van der Waals surface area (Å²) in [5.74, 6) is 1.50. The van der Waals surface area contributed by atoms with Crippen molar-refractivity contribution in [1.82, 2.24) is 5.32 Å². The highest BCUT2D eigenvalue weighted by molar-refractivity contribution is 5.76. The highest BCUT2D eigenvalue weighted by Crippen LogP contribution is 2.17. The van der Waals surface area contributed by atoms with Crippen LogP contribution in [0.1, 0.15) is 24.5 Å². The number of carbonyl (C=O) groups is 1. The molecular formula is C21H27NO4. The molecule has 0 radical (unpaired) electrons. The van der Waals surface area contributed by atoms with Crippen molar-refractivity contribution in [3.63, 3.8) is 0 Å². The molecule has 2 rings (SSSR count). The lowest BCUT2D eigenvalue weighted by atomic mass is 9.96. The van der Waals surface area contributed by atoms with E-state index in [0.717, 1.165) is 22.6 Å². The van der Waals surface area contributed by atoms with Gasteiger partial charge in [0.1, 0.15) is 11.5 Å². The maximum Gasteiger partial charge on any atom is 0.220 e. The predicted molar refractivity (Wildman–Crippen MR) is 102 cm³/mol. The van der Waals surface area contributed by atoms with Gasteiger partial charge in [-0.3, -0.25) is 4.79 Å². The van der Waals surface area contributed by atoms with Gasteiger partial charge in [-0.05, 0) is 48.7 Å². The van der Waals surface area contributed by atoms with E-state index in [0.29, 0.717) is 19.3 Å². The molecule has 140 valence electrons. The van der Waals surface area contributed by atoms with Gasteiger partial charge in [-0.2, -0.15) is 0 Å². The number of methoxy groups -OCH3 is 2. The second-order valence-corrected chi connectivity index (χ2v) is 6.65. The number of hydrogen-bond donors (Lipinski definition) is 2. The molecule has 2 aromatic rings. The van der Waals surface area contributed by atoms with Crippen molar-refractivity contribution >= 4 is 5.91 Å². The predicted octanol–water partition coefficient (Wildman–Crippen LogP) is 2.75. The molecule has 0 aromatic heterocycles. The van der Waals surface area contributed by atoms with E-state index in [2.05, 4.69) is 5.32 Å². The van der Waals surface area contributed by atoms with Crippen LogP contribution in [0.25, 0.3) is 0 Å². The Labute approximate surface area is 155 Å². The lowest BCUT2D eigenvalue weighted by molar-refractivity contribution is -0.122. The fourth-order valence-electron chi connectivity index (χ4n) is 2.67. The Balaban J connectivity index is 1.76. The van der Waals surface area contributed by atoms with Crippen molar-refractivity contribution in [3.8, 4) is 11.5 Å². The molecule has 0 aliphatic heterocycles. The van der Waals surface area contributed by atoms with Crippen LogP contribution in [0.3, 0.4) is 0 Å². The highest BCUT2D eigenvalue weighted by atomic mass is 16.5. The van der Waals surface area contributed by atoms with E-state index in [4.69, 9.17) is 9.47 Å². The second-order valence-electron chi connectivity index (χ2n) is 6.65. The van der Waals surface area contributed by atoms with Gasteiger partial charge in [0.05, 0.1) is 19.8 Å². The molecule has 26 heavy (non-hydrogen) atoms. The molecule has 0 unspecified atom stereocenters. The molecule has 2 aromatic carbocycles. The van der Waals surface area contributed by atoms with E-state index in [1.165, 1.54) is 0 Å². The van der Waals surface area contributed by atoms with Crippen molar-refractivity contribution in [1.29, 1.82) is 0 Å². The molecule has 0 aliphatic carbocycles. The molecule has 1 atom stereocenters. The minimum absolute atomic E-state index is 0.0733. The minimum Gasteiger partial charge on any atom is -0.497 e. The molecule has 2 N–H and O–H groups in total. The fourth-order valence-corrected chi connectivity index (χ4v) is 2.67. The summed E-state index contributed by atoms with van der Waals surface area (Å²) in [6.45, 7) is 1.93. The van der Waals surface area contributed by atoms with E-state index in [1.807, 2.05) is 48.5 Å². The summed E-state index contributed by atoms with van der Waals surface area (Å²) < 4.78 is 10.2. The van der Waals surface area contributed by atoms with Crippen LogP contribution >= 0.6 is 0 Å². The Morgan fingerprint density at radius 2 is 1.46 bits per heavy atom. The van der Waals surface area contributed by atoms with Crippen LogP contribution in [0, 0.1) is 0 Å². The molecule has 0 heterocycles. The van der Waals surface area contributed by atoms with E-state index in [9.17, 15) is 9.90 Å². The molecule has 0 bridgehead atoms. The Morgan fingerprint density at radius 1 is 0.962 bits per heavy atom. The van der Waals surface area contributed by atoms with Gasteiger partial charge in [-0.15, -0.1) is 0 Å². The van der Waals surface area contributed by atoms with E-state index < -0.39 is 5.60 Å². The standard InChI is InChI=1S/C21H27NO4/c1-21(24,14-17-6-11-19(26-3)12-7-17)15-22-20(23)13-8-16-4-9-18(25-2)10-5-16/h4-7,9-12,24H,8,13-15H2,1-3H3,(H,22,23)/t21-/m1/s1. The largest absolute Gasteiger partial charge is 0.497 e. The maximum atomic E-state index is 12.1. The smallest absolute Gasteiger partial charge is 0.220 e. The summed E-state index contributed by atoms with van der Waals surface area (Å²) >= 11 is 0. The summed E-state index contributed by atoms with van der Waals surface area (Å²) in [4.78, 5) is 12.1. The summed E-state index contributed by atoms with van der Waals surface area (Å²) in [5.41, 5.74) is 1.05. The van der Waals surface area contributed by atoms with E-state index in [1.54, 1.807) is 21.1 Å². The second kappa shape index (κ2) is 9.25. The quantitative estimate of drug-likeness (QED) is 0.724. The molecule has 0 spiro atoms. The number of amides is 1. The summed E-state index contributed by atoms with van der Waals surface area (Å²) in [6.07, 6.45) is 1.48. The van der Waals surface area contributed by atoms with Gasteiger partial charge >= 0.3 is 0 Å². The molecule has 0 aliphatic rings. The number of benzene rings is 2. The van der Waals surface area contributed by atoms with Gasteiger partial charge in [0, 0.05) is 19.4 Å². The SMILES string of the molecule is COc1ccc(CCC(=O)NC[C@](C)(O)Cc2ccc(OC)cc2)cc1. The first kappa shape index (κ1) is 19.8. The molecule has 0 saturated heterocycles. The first-order valence-corrected chi connectivity index (χ1v) is 8.67. The third-order valence-electron chi connectivity index (χ3n) is 4.21. The Kier molecular flexibility index (Phi) is 7.04. The Morgan fingerprint density at radius 3 is 1.96 bits per heavy atom. The van der Waals surface area contributed by atoms with Crippen LogP contribution in [0.5, 0.6) is 11.5 Å². The molecule has 0 saturated carbocycles. The first-order valence-electron chi connectivity index (χ1n) is 8.67. The van der Waals surface area contributed by atoms with Gasteiger partial charge in [0.15, 0.2) is 0 Å². The van der Waals surface area contributed by atoms with Crippen molar-refractivity contribution < 1.29 is 19.4 Å². The van der Waals surface area contributed by atoms with Gasteiger partial charge < -0.3 is 19.9 Å². The molecule has 0 fully saturated rings. The van der Waals surface area contributed by atoms with Crippen LogP contribution in [0.2, 0.25) is 0 Å². The van der Waals surface area contributed by atoms with Crippen LogP contribution in [0.15, 0.2) is 48.5 Å². The van der Waals surface area contributed by atoms with Gasteiger partial charge in [-0.1, -0.05) is 24.3 Å². The highest BCUT2D eigenvalue weighted by Gasteiger charge is 2.21. The maximum absolute atomic E-state index is 12.1. The van der Waals surface area contributed by atoms with Gasteiger partial charge in [0.2, 0.25) is 5.91 Å². The van der Waals surface area contributed by atoms with E-state index >= 15 is 0 Å². The number of aliphatic hydroxyl groups is 1. The molecule has 5 nitrogen and oxygen atoms in total. The number of hydrogen-bond acceptors (Lipinski definition) is 4. The van der Waals surface area contributed by atoms with Gasteiger partial charge in [-0.25, -0.2) is 0 Å². The summed E-state index contributed by atoms with van der Waals surface area (Å²) in [5, 5.41) is 13.3. The van der Waals surface area contributed by atoms with Crippen LogP contribution in [-0.2, 0) is 17.6 Å². The third kappa shape index (κ3) is 6.41. The first-order chi connectivity index (χ1) is 12.4. The molecule has 5 heteroatoms. The number of rotatable bonds is 9. The van der Waals surface area contributed by atoms with Crippen LogP contribution < -0.4 is 14.8 Å². The summed E-state index contributed by atoms with van der Waals surface area (Å²) in [7, 11) is 3.24.